The van der Waals surface area contributed by atoms with Gasteiger partial charge in [-0.15, -0.1) is 23.1 Å². The van der Waals surface area contributed by atoms with E-state index in [1.165, 1.54) is 10.5 Å². The van der Waals surface area contributed by atoms with Crippen LogP contribution in [0.4, 0.5) is 0 Å². The van der Waals surface area contributed by atoms with Crippen molar-refractivity contribution < 1.29 is 9.47 Å². The van der Waals surface area contributed by atoms with E-state index >= 15 is 0 Å². The van der Waals surface area contributed by atoms with Gasteiger partial charge in [0.15, 0.2) is 0 Å². The minimum Gasteiger partial charge on any atom is -0.350 e. The Labute approximate surface area is 122 Å². The van der Waals surface area contributed by atoms with Gasteiger partial charge in [-0.3, -0.25) is 0 Å². The van der Waals surface area contributed by atoms with E-state index in [1.54, 1.807) is 37.3 Å². The zero-order valence-electron chi connectivity index (χ0n) is 11.3. The zero-order chi connectivity index (χ0) is 13.7. The van der Waals surface area contributed by atoms with Crippen molar-refractivity contribution in [1.29, 1.82) is 0 Å². The van der Waals surface area contributed by atoms with Crippen LogP contribution < -0.4 is 0 Å². The molecule has 0 saturated heterocycles. The van der Waals surface area contributed by atoms with Crippen LogP contribution in [0.5, 0.6) is 0 Å². The molecule has 102 valence electrons. The van der Waals surface area contributed by atoms with Crippen LogP contribution in [-0.4, -0.2) is 19.2 Å². The molecule has 0 N–H and O–H groups in total. The van der Waals surface area contributed by atoms with Crippen molar-refractivity contribution in [2.24, 2.45) is 0 Å². The Kier molecular flexibility index (Phi) is 5.39. The molecule has 1 heterocycles. The quantitative estimate of drug-likeness (QED) is 0.594. The van der Waals surface area contributed by atoms with Gasteiger partial charge in [0, 0.05) is 24.5 Å². The van der Waals surface area contributed by atoms with Crippen LogP contribution in [0.3, 0.4) is 0 Å². The van der Waals surface area contributed by atoms with Crippen molar-refractivity contribution in [3.8, 4) is 0 Å². The standard InChI is InChI=1S/C14H17NO2S2/c1-10-4-6-11(7-5-10)18-9-13-15-12(8-19-13)14(16-2)17-3/h4-8,14H,9H2,1-3H3. The summed E-state index contributed by atoms with van der Waals surface area (Å²) in [7, 11) is 3.24. The molecule has 0 aliphatic carbocycles. The molecule has 0 bridgehead atoms. The summed E-state index contributed by atoms with van der Waals surface area (Å²) < 4.78 is 10.4. The molecule has 0 amide bonds. The molecule has 0 aliphatic heterocycles. The van der Waals surface area contributed by atoms with Crippen molar-refractivity contribution in [3.05, 3.63) is 45.9 Å². The molecule has 0 spiro atoms. The minimum atomic E-state index is -0.366. The first kappa shape index (κ1) is 14.5. The number of benzene rings is 1. The number of thioether (sulfide) groups is 1. The fraction of sp³-hybridized carbons (Fsp3) is 0.357. The Bertz CT molecular complexity index is 506. The van der Waals surface area contributed by atoms with E-state index < -0.39 is 0 Å². The SMILES string of the molecule is COC(OC)c1csc(CSc2ccc(C)cc2)n1. The van der Waals surface area contributed by atoms with Gasteiger partial charge < -0.3 is 9.47 Å². The average Bonchev–Trinajstić information content (AvgIpc) is 2.88. The molecular formula is C14H17NO2S2. The van der Waals surface area contributed by atoms with Gasteiger partial charge in [0.05, 0.1) is 5.75 Å². The van der Waals surface area contributed by atoms with Gasteiger partial charge in [0.25, 0.3) is 0 Å². The number of aromatic nitrogens is 1. The maximum atomic E-state index is 5.19. The molecule has 0 aliphatic rings. The summed E-state index contributed by atoms with van der Waals surface area (Å²) in [6.45, 7) is 2.09. The van der Waals surface area contributed by atoms with Crippen LogP contribution in [0.2, 0.25) is 0 Å². The van der Waals surface area contributed by atoms with E-state index in [0.717, 1.165) is 16.5 Å². The van der Waals surface area contributed by atoms with Gasteiger partial charge in [0.1, 0.15) is 10.7 Å². The smallest absolute Gasteiger partial charge is 0.201 e. The molecule has 0 fully saturated rings. The molecule has 3 nitrogen and oxygen atoms in total. The van der Waals surface area contributed by atoms with Crippen LogP contribution in [-0.2, 0) is 15.2 Å². The highest BCUT2D eigenvalue weighted by Crippen LogP contribution is 2.27. The summed E-state index contributed by atoms with van der Waals surface area (Å²) in [5.41, 5.74) is 2.12. The predicted molar refractivity (Wildman–Crippen MR) is 79.6 cm³/mol. The minimum absolute atomic E-state index is 0.366. The largest absolute Gasteiger partial charge is 0.350 e. The van der Waals surface area contributed by atoms with Crippen LogP contribution in [0.25, 0.3) is 0 Å². The van der Waals surface area contributed by atoms with Crippen molar-refractivity contribution in [2.45, 2.75) is 23.9 Å². The molecular weight excluding hydrogens is 278 g/mol. The van der Waals surface area contributed by atoms with E-state index in [4.69, 9.17) is 9.47 Å². The Morgan fingerprint density at radius 2 is 1.89 bits per heavy atom. The predicted octanol–water partition coefficient (Wildman–Crippen LogP) is 4.04. The van der Waals surface area contributed by atoms with Crippen molar-refractivity contribution in [2.75, 3.05) is 14.2 Å². The van der Waals surface area contributed by atoms with Gasteiger partial charge in [-0.05, 0) is 19.1 Å². The molecule has 1 aromatic carbocycles. The lowest BCUT2D eigenvalue weighted by atomic mass is 10.2. The van der Waals surface area contributed by atoms with Crippen molar-refractivity contribution >= 4 is 23.1 Å². The maximum Gasteiger partial charge on any atom is 0.201 e. The fourth-order valence-corrected chi connectivity index (χ4v) is 3.33. The molecule has 1 aromatic heterocycles. The number of hydrogen-bond acceptors (Lipinski definition) is 5. The topological polar surface area (TPSA) is 31.4 Å². The lowest BCUT2D eigenvalue weighted by molar-refractivity contribution is -0.108. The molecule has 2 rings (SSSR count). The molecule has 0 atom stereocenters. The molecule has 19 heavy (non-hydrogen) atoms. The van der Waals surface area contributed by atoms with E-state index in [0.29, 0.717) is 0 Å². The van der Waals surface area contributed by atoms with Crippen LogP contribution in [0.1, 0.15) is 22.6 Å². The summed E-state index contributed by atoms with van der Waals surface area (Å²) in [6, 6.07) is 8.53. The molecule has 5 heteroatoms. The second-order valence-corrected chi connectivity index (χ2v) is 6.06. The second-order valence-electron chi connectivity index (χ2n) is 4.07. The number of rotatable bonds is 6. The average molecular weight is 295 g/mol. The van der Waals surface area contributed by atoms with Crippen LogP contribution in [0.15, 0.2) is 34.5 Å². The lowest BCUT2D eigenvalue weighted by Gasteiger charge is -2.09. The third kappa shape index (κ3) is 4.04. The summed E-state index contributed by atoms with van der Waals surface area (Å²) >= 11 is 3.43. The lowest BCUT2D eigenvalue weighted by Crippen LogP contribution is -2.03. The molecule has 0 unspecified atom stereocenters. The first-order chi connectivity index (χ1) is 9.22. The molecule has 0 saturated carbocycles. The number of hydrogen-bond donors (Lipinski definition) is 0. The third-order valence-electron chi connectivity index (χ3n) is 2.62. The highest BCUT2D eigenvalue weighted by molar-refractivity contribution is 7.98. The van der Waals surface area contributed by atoms with E-state index in [-0.39, 0.29) is 6.29 Å². The van der Waals surface area contributed by atoms with Gasteiger partial charge >= 0.3 is 0 Å². The van der Waals surface area contributed by atoms with E-state index in [2.05, 4.69) is 36.2 Å². The number of methoxy groups -OCH3 is 2. The Balaban J connectivity index is 1.95. The van der Waals surface area contributed by atoms with E-state index in [1.807, 2.05) is 5.38 Å². The van der Waals surface area contributed by atoms with Gasteiger partial charge in [-0.25, -0.2) is 4.98 Å². The Morgan fingerprint density at radius 3 is 2.53 bits per heavy atom. The summed E-state index contributed by atoms with van der Waals surface area (Å²) in [4.78, 5) is 5.79. The highest BCUT2D eigenvalue weighted by Gasteiger charge is 2.13. The highest BCUT2D eigenvalue weighted by atomic mass is 32.2. The fourth-order valence-electron chi connectivity index (χ4n) is 1.62. The summed E-state index contributed by atoms with van der Waals surface area (Å²) in [5, 5.41) is 3.07. The molecule has 0 radical (unpaired) electrons. The second kappa shape index (κ2) is 7.05. The Morgan fingerprint density at radius 1 is 1.21 bits per heavy atom. The van der Waals surface area contributed by atoms with Crippen LogP contribution in [0, 0.1) is 6.92 Å². The molecule has 2 aromatic rings. The van der Waals surface area contributed by atoms with E-state index in [9.17, 15) is 0 Å². The number of nitrogens with zero attached hydrogens (tertiary/aromatic N) is 1. The van der Waals surface area contributed by atoms with Gasteiger partial charge in [0.2, 0.25) is 6.29 Å². The first-order valence-electron chi connectivity index (χ1n) is 5.92. The zero-order valence-corrected chi connectivity index (χ0v) is 12.9. The van der Waals surface area contributed by atoms with Crippen LogP contribution >= 0.6 is 23.1 Å². The summed E-state index contributed by atoms with van der Waals surface area (Å²) in [6.07, 6.45) is -0.366. The first-order valence-corrected chi connectivity index (χ1v) is 7.79. The van der Waals surface area contributed by atoms with Gasteiger partial charge in [-0.2, -0.15) is 0 Å². The number of ether oxygens (including phenoxy) is 2. The third-order valence-corrected chi connectivity index (χ3v) is 4.70. The normalized spacial score (nSPS) is 11.2. The Hall–Kier alpha value is -0.880. The number of thiazole rings is 1. The monoisotopic (exact) mass is 295 g/mol. The number of aryl methyl sites for hydroxylation is 1. The summed E-state index contributed by atoms with van der Waals surface area (Å²) in [5.74, 6) is 0.869. The van der Waals surface area contributed by atoms with Gasteiger partial charge in [-0.1, -0.05) is 17.7 Å². The van der Waals surface area contributed by atoms with Crippen molar-refractivity contribution in [1.82, 2.24) is 4.98 Å². The van der Waals surface area contributed by atoms with Crippen molar-refractivity contribution in [3.63, 3.8) is 0 Å². The maximum absolute atomic E-state index is 5.19.